The van der Waals surface area contributed by atoms with Crippen LogP contribution in [0.2, 0.25) is 0 Å². The van der Waals surface area contributed by atoms with Gasteiger partial charge in [-0.2, -0.15) is 0 Å². The van der Waals surface area contributed by atoms with Gasteiger partial charge in [-0.1, -0.05) is 26.7 Å². The van der Waals surface area contributed by atoms with E-state index >= 15 is 0 Å². The molecule has 1 nitrogen and oxygen atoms in total. The van der Waals surface area contributed by atoms with Gasteiger partial charge in [-0.15, -0.1) is 11.3 Å². The van der Waals surface area contributed by atoms with Crippen molar-refractivity contribution in [3.63, 3.8) is 0 Å². The van der Waals surface area contributed by atoms with Crippen molar-refractivity contribution in [3.8, 4) is 0 Å². The number of thiophene rings is 1. The van der Waals surface area contributed by atoms with Crippen molar-refractivity contribution in [3.05, 3.63) is 20.3 Å². The number of hydrogen-bond donors (Lipinski definition) is 1. The summed E-state index contributed by atoms with van der Waals surface area (Å²) >= 11 is 5.60. The maximum absolute atomic E-state index is 3.64. The van der Waals surface area contributed by atoms with Crippen molar-refractivity contribution in [2.24, 2.45) is 5.41 Å². The molecule has 0 aliphatic heterocycles. The highest BCUT2D eigenvalue weighted by molar-refractivity contribution is 9.10. The Morgan fingerprint density at radius 3 is 2.55 bits per heavy atom. The van der Waals surface area contributed by atoms with Crippen LogP contribution in [0.5, 0.6) is 0 Å². The van der Waals surface area contributed by atoms with E-state index in [2.05, 4.69) is 48.1 Å². The molecule has 0 amide bonds. The lowest BCUT2D eigenvalue weighted by molar-refractivity contribution is 0.243. The number of halogens is 1. The zero-order valence-electron chi connectivity index (χ0n) is 13.1. The lowest BCUT2D eigenvalue weighted by Crippen LogP contribution is -2.29. The predicted octanol–water partition coefficient (Wildman–Crippen LogP) is 5.70. The zero-order chi connectivity index (χ0) is 14.6. The van der Waals surface area contributed by atoms with E-state index in [9.17, 15) is 0 Å². The molecule has 3 heteroatoms. The van der Waals surface area contributed by atoms with Gasteiger partial charge in [-0.3, -0.25) is 0 Å². The van der Waals surface area contributed by atoms with Crippen LogP contribution in [-0.2, 0) is 6.42 Å². The van der Waals surface area contributed by atoms with Crippen molar-refractivity contribution in [1.82, 2.24) is 5.32 Å². The number of hydrogen-bond acceptors (Lipinski definition) is 2. The minimum absolute atomic E-state index is 0.615. The van der Waals surface area contributed by atoms with Crippen LogP contribution >= 0.6 is 27.3 Å². The highest BCUT2D eigenvalue weighted by atomic mass is 79.9. The van der Waals surface area contributed by atoms with Crippen molar-refractivity contribution < 1.29 is 0 Å². The fraction of sp³-hybridized carbons (Fsp3) is 0.765. The number of nitrogens with one attached hydrogen (secondary N) is 1. The molecule has 1 aromatic rings. The van der Waals surface area contributed by atoms with Crippen molar-refractivity contribution in [2.45, 2.75) is 71.8 Å². The van der Waals surface area contributed by atoms with E-state index in [1.54, 1.807) is 4.88 Å². The molecule has 0 aromatic carbocycles. The highest BCUT2D eigenvalue weighted by Gasteiger charge is 2.32. The molecule has 0 radical (unpaired) electrons. The van der Waals surface area contributed by atoms with Crippen molar-refractivity contribution in [2.75, 3.05) is 6.54 Å². The molecule has 1 aliphatic carbocycles. The molecule has 1 saturated carbocycles. The zero-order valence-corrected chi connectivity index (χ0v) is 15.5. The highest BCUT2D eigenvalue weighted by Crippen LogP contribution is 2.45. The lowest BCUT2D eigenvalue weighted by Gasteiger charge is -2.29. The van der Waals surface area contributed by atoms with Crippen LogP contribution in [0.1, 0.15) is 62.1 Å². The second-order valence-corrected chi connectivity index (χ2v) is 8.88. The Labute approximate surface area is 136 Å². The third kappa shape index (κ3) is 4.57. The Hall–Kier alpha value is 0.140. The van der Waals surface area contributed by atoms with Gasteiger partial charge in [0.15, 0.2) is 0 Å². The van der Waals surface area contributed by atoms with Gasteiger partial charge in [0.25, 0.3) is 0 Å². The van der Waals surface area contributed by atoms with E-state index in [0.717, 1.165) is 0 Å². The van der Waals surface area contributed by atoms with Gasteiger partial charge in [-0.25, -0.2) is 0 Å². The van der Waals surface area contributed by atoms with Gasteiger partial charge >= 0.3 is 0 Å². The van der Waals surface area contributed by atoms with Gasteiger partial charge < -0.3 is 5.32 Å². The molecule has 2 rings (SSSR count). The van der Waals surface area contributed by atoms with Crippen molar-refractivity contribution >= 4 is 27.3 Å². The molecule has 1 N–H and O–H groups in total. The van der Waals surface area contributed by atoms with E-state index in [4.69, 9.17) is 0 Å². The summed E-state index contributed by atoms with van der Waals surface area (Å²) in [5, 5.41) is 3.60. The summed E-state index contributed by atoms with van der Waals surface area (Å²) in [7, 11) is 0. The predicted molar refractivity (Wildman–Crippen MR) is 93.7 cm³/mol. The van der Waals surface area contributed by atoms with Crippen LogP contribution in [-0.4, -0.2) is 12.6 Å². The fourth-order valence-corrected chi connectivity index (χ4v) is 5.01. The molecule has 0 unspecified atom stereocenters. The molecular weight excluding hydrogens is 330 g/mol. The Kier molecular flexibility index (Phi) is 6.12. The average Bonchev–Trinajstić information content (AvgIpc) is 2.96. The topological polar surface area (TPSA) is 12.0 Å². The van der Waals surface area contributed by atoms with E-state index < -0.39 is 0 Å². The first-order valence-electron chi connectivity index (χ1n) is 7.99. The summed E-state index contributed by atoms with van der Waals surface area (Å²) in [5.41, 5.74) is 0.617. The van der Waals surface area contributed by atoms with E-state index in [0.29, 0.717) is 11.5 Å². The molecule has 0 saturated heterocycles. The Morgan fingerprint density at radius 2 is 2.00 bits per heavy atom. The van der Waals surface area contributed by atoms with E-state index in [1.165, 1.54) is 60.8 Å². The molecule has 1 heterocycles. The van der Waals surface area contributed by atoms with Crippen LogP contribution in [0.4, 0.5) is 0 Å². The molecule has 1 aliphatic rings. The second kappa shape index (κ2) is 7.42. The quantitative estimate of drug-likeness (QED) is 0.659. The Morgan fingerprint density at radius 1 is 1.30 bits per heavy atom. The van der Waals surface area contributed by atoms with E-state index in [-0.39, 0.29) is 0 Å². The van der Waals surface area contributed by atoms with Gasteiger partial charge in [0.1, 0.15) is 0 Å². The summed E-state index contributed by atoms with van der Waals surface area (Å²) in [6, 6.07) is 2.94. The summed E-state index contributed by atoms with van der Waals surface area (Å²) in [6.07, 6.45) is 9.76. The second-order valence-electron chi connectivity index (χ2n) is 6.68. The van der Waals surface area contributed by atoms with E-state index in [1.807, 2.05) is 11.3 Å². The number of rotatable bonds is 7. The third-order valence-electron chi connectivity index (χ3n) is 4.68. The summed E-state index contributed by atoms with van der Waals surface area (Å²) in [4.78, 5) is 2.97. The summed E-state index contributed by atoms with van der Waals surface area (Å²) in [5.74, 6) is 0. The maximum atomic E-state index is 3.64. The fourth-order valence-electron chi connectivity index (χ4n) is 3.41. The molecule has 20 heavy (non-hydrogen) atoms. The largest absolute Gasteiger partial charge is 0.315 e. The van der Waals surface area contributed by atoms with Gasteiger partial charge in [0.05, 0.1) is 0 Å². The first-order chi connectivity index (χ1) is 9.51. The van der Waals surface area contributed by atoms with Crippen molar-refractivity contribution in [1.29, 1.82) is 0 Å². The molecule has 0 spiro atoms. The Balaban J connectivity index is 1.88. The third-order valence-corrected chi connectivity index (χ3v) is 6.88. The van der Waals surface area contributed by atoms with Crippen LogP contribution in [0.25, 0.3) is 0 Å². The lowest BCUT2D eigenvalue weighted by atomic mass is 9.78. The van der Waals surface area contributed by atoms with Crippen LogP contribution < -0.4 is 5.32 Å². The molecule has 1 fully saturated rings. The van der Waals surface area contributed by atoms with Gasteiger partial charge in [0, 0.05) is 20.3 Å². The standard InChI is InChI=1S/C17H28BrNS/c1-13(2)19-11-10-17(7-4-5-8-17)9-6-15-12-16(18)14(3)20-15/h12-13,19H,4-11H2,1-3H3. The van der Waals surface area contributed by atoms with Crippen LogP contribution in [0, 0.1) is 12.3 Å². The number of aryl methyl sites for hydroxylation is 2. The minimum atomic E-state index is 0.615. The molecule has 114 valence electrons. The van der Waals surface area contributed by atoms with Crippen LogP contribution in [0.15, 0.2) is 10.5 Å². The normalized spacial score (nSPS) is 18.1. The van der Waals surface area contributed by atoms with Crippen LogP contribution in [0.3, 0.4) is 0 Å². The first-order valence-corrected chi connectivity index (χ1v) is 9.60. The minimum Gasteiger partial charge on any atom is -0.315 e. The average molecular weight is 358 g/mol. The smallest absolute Gasteiger partial charge is 0.0314 e. The molecule has 1 aromatic heterocycles. The molecule has 0 atom stereocenters. The summed E-state index contributed by atoms with van der Waals surface area (Å²) < 4.78 is 1.29. The summed E-state index contributed by atoms with van der Waals surface area (Å²) in [6.45, 7) is 7.88. The molecular formula is C17H28BrNS. The monoisotopic (exact) mass is 357 g/mol. The maximum Gasteiger partial charge on any atom is 0.0314 e. The molecule has 0 bridgehead atoms. The SMILES string of the molecule is Cc1sc(CCC2(CCNC(C)C)CCCC2)cc1Br. The first kappa shape index (κ1) is 16.5. The van der Waals surface area contributed by atoms with Gasteiger partial charge in [-0.05, 0) is 73.0 Å². The Bertz CT molecular complexity index is 399. The van der Waals surface area contributed by atoms with Gasteiger partial charge in [0.2, 0.25) is 0 Å².